The van der Waals surface area contributed by atoms with Crippen LogP contribution < -0.4 is 15.2 Å². The summed E-state index contributed by atoms with van der Waals surface area (Å²) in [6, 6.07) is 3.70. The molecule has 0 amide bonds. The number of nitrogens with two attached hydrogens (primary N) is 1. The van der Waals surface area contributed by atoms with Crippen LogP contribution in [0.15, 0.2) is 18.2 Å². The summed E-state index contributed by atoms with van der Waals surface area (Å²) >= 11 is 0. The van der Waals surface area contributed by atoms with Crippen molar-refractivity contribution in [2.75, 3.05) is 6.61 Å². The first-order valence-electron chi connectivity index (χ1n) is 13.4. The molecule has 5 atom stereocenters. The molecule has 214 valence electrons. The third kappa shape index (κ3) is 10.4. The molecule has 1 aromatic rings. The second-order valence-electron chi connectivity index (χ2n) is 10.7. The monoisotopic (exact) mass is 535 g/mol. The van der Waals surface area contributed by atoms with Crippen molar-refractivity contribution < 1.29 is 38.1 Å². The molecular formula is C29H45NO8. The Hall–Kier alpha value is -2.94. The fraction of sp³-hybridized carbons (Fsp3) is 0.655. The van der Waals surface area contributed by atoms with Crippen LogP contribution in [0.5, 0.6) is 11.5 Å². The Labute approximate surface area is 226 Å². The van der Waals surface area contributed by atoms with Crippen LogP contribution in [0.1, 0.15) is 74.3 Å². The molecule has 0 fully saturated rings. The molecule has 9 heteroatoms. The minimum Gasteiger partial charge on any atom is -0.462 e. The summed E-state index contributed by atoms with van der Waals surface area (Å²) in [5.41, 5.74) is 6.66. The number of benzene rings is 1. The average Bonchev–Trinajstić information content (AvgIpc) is 2.86. The summed E-state index contributed by atoms with van der Waals surface area (Å²) in [5, 5.41) is 0. The lowest BCUT2D eigenvalue weighted by Gasteiger charge is -2.20. The van der Waals surface area contributed by atoms with Crippen LogP contribution in [0, 0.1) is 29.6 Å². The zero-order chi connectivity index (χ0) is 29.2. The van der Waals surface area contributed by atoms with Gasteiger partial charge in [0, 0.05) is 0 Å². The van der Waals surface area contributed by atoms with Gasteiger partial charge in [-0.05, 0) is 49.3 Å². The van der Waals surface area contributed by atoms with Gasteiger partial charge in [0.15, 0.2) is 11.5 Å². The molecular weight excluding hydrogens is 490 g/mol. The molecule has 0 bridgehead atoms. The van der Waals surface area contributed by atoms with Crippen LogP contribution in [-0.4, -0.2) is 42.6 Å². The molecule has 0 aliphatic carbocycles. The number of ether oxygens (including phenoxy) is 4. The summed E-state index contributed by atoms with van der Waals surface area (Å²) in [6.45, 7) is 16.4. The molecule has 3 unspecified atom stereocenters. The van der Waals surface area contributed by atoms with Gasteiger partial charge in [0.1, 0.15) is 18.8 Å². The molecule has 0 aromatic heterocycles. The van der Waals surface area contributed by atoms with Crippen molar-refractivity contribution in [2.45, 2.75) is 87.3 Å². The molecule has 9 nitrogen and oxygen atoms in total. The number of carbonyl (C=O) groups excluding carboxylic acids is 4. The van der Waals surface area contributed by atoms with Crippen molar-refractivity contribution in [3.63, 3.8) is 0 Å². The van der Waals surface area contributed by atoms with Crippen molar-refractivity contribution in [2.24, 2.45) is 35.3 Å². The molecule has 0 heterocycles. The van der Waals surface area contributed by atoms with Crippen LogP contribution in [0.2, 0.25) is 0 Å². The van der Waals surface area contributed by atoms with Gasteiger partial charge in [-0.1, -0.05) is 61.5 Å². The zero-order valence-electron chi connectivity index (χ0n) is 24.2. The van der Waals surface area contributed by atoms with Gasteiger partial charge in [0.05, 0.1) is 17.8 Å². The van der Waals surface area contributed by atoms with E-state index in [2.05, 4.69) is 0 Å². The lowest BCUT2D eigenvalue weighted by Crippen LogP contribution is -2.37. The van der Waals surface area contributed by atoms with E-state index in [1.807, 2.05) is 34.6 Å². The minimum absolute atomic E-state index is 0.0484. The van der Waals surface area contributed by atoms with Crippen LogP contribution in [-0.2, 0) is 35.1 Å². The lowest BCUT2D eigenvalue weighted by molar-refractivity contribution is -0.160. The smallest absolute Gasteiger partial charge is 0.323 e. The summed E-state index contributed by atoms with van der Waals surface area (Å²) < 4.78 is 21.7. The fourth-order valence-electron chi connectivity index (χ4n) is 2.96. The van der Waals surface area contributed by atoms with Crippen molar-refractivity contribution in [1.82, 2.24) is 0 Å². The van der Waals surface area contributed by atoms with Crippen molar-refractivity contribution in [3.8, 4) is 11.5 Å². The Morgan fingerprint density at radius 1 is 0.763 bits per heavy atom. The Kier molecular flexibility index (Phi) is 13.5. The summed E-state index contributed by atoms with van der Waals surface area (Å²) in [5.74, 6) is -2.58. The maximum Gasteiger partial charge on any atom is 0.323 e. The van der Waals surface area contributed by atoms with Gasteiger partial charge in [-0.3, -0.25) is 19.2 Å². The zero-order valence-corrected chi connectivity index (χ0v) is 24.2. The number of hydrogen-bond donors (Lipinski definition) is 1. The van der Waals surface area contributed by atoms with E-state index in [4.69, 9.17) is 24.7 Å². The highest BCUT2D eigenvalue weighted by Gasteiger charge is 2.25. The van der Waals surface area contributed by atoms with Crippen molar-refractivity contribution in [1.29, 1.82) is 0 Å². The molecule has 1 rings (SSSR count). The molecule has 0 spiro atoms. The molecule has 1 aromatic carbocycles. The van der Waals surface area contributed by atoms with E-state index < -0.39 is 30.1 Å². The molecule has 2 N–H and O–H groups in total. The predicted octanol–water partition coefficient (Wildman–Crippen LogP) is 4.47. The van der Waals surface area contributed by atoms with Crippen LogP contribution in [0.4, 0.5) is 0 Å². The predicted molar refractivity (Wildman–Crippen MR) is 143 cm³/mol. The first kappa shape index (κ1) is 33.1. The molecule has 0 radical (unpaired) electrons. The largest absolute Gasteiger partial charge is 0.462 e. The third-order valence-corrected chi connectivity index (χ3v) is 6.72. The first-order chi connectivity index (χ1) is 17.7. The topological polar surface area (TPSA) is 131 Å². The van der Waals surface area contributed by atoms with E-state index in [1.165, 1.54) is 12.1 Å². The molecule has 38 heavy (non-hydrogen) atoms. The van der Waals surface area contributed by atoms with E-state index in [0.29, 0.717) is 12.0 Å². The SMILES string of the molecule is CCC(C)C(=O)OC[C@H](C)OC(=O)[C@@H](N)Cc1ccc(OC(=O)C(C)C(C)C)c(OC(=O)C(C)C(C)C)c1. The Balaban J connectivity index is 2.99. The normalized spacial score (nSPS) is 15.3. The van der Waals surface area contributed by atoms with Gasteiger partial charge in [-0.2, -0.15) is 0 Å². The highest BCUT2D eigenvalue weighted by atomic mass is 16.6. The van der Waals surface area contributed by atoms with Gasteiger partial charge >= 0.3 is 23.9 Å². The van der Waals surface area contributed by atoms with Gasteiger partial charge in [0.25, 0.3) is 0 Å². The number of hydrogen-bond acceptors (Lipinski definition) is 9. The Morgan fingerprint density at radius 3 is 1.79 bits per heavy atom. The van der Waals surface area contributed by atoms with E-state index in [1.54, 1.807) is 33.8 Å². The van der Waals surface area contributed by atoms with Gasteiger partial charge in [-0.15, -0.1) is 0 Å². The van der Waals surface area contributed by atoms with Crippen LogP contribution in [0.3, 0.4) is 0 Å². The van der Waals surface area contributed by atoms with Crippen molar-refractivity contribution in [3.05, 3.63) is 23.8 Å². The molecule has 0 aliphatic rings. The Morgan fingerprint density at radius 2 is 1.29 bits per heavy atom. The summed E-state index contributed by atoms with van der Waals surface area (Å²) in [6.07, 6.45) is 0.0692. The minimum atomic E-state index is -1.02. The highest BCUT2D eigenvalue weighted by molar-refractivity contribution is 5.79. The van der Waals surface area contributed by atoms with E-state index >= 15 is 0 Å². The van der Waals surface area contributed by atoms with Crippen molar-refractivity contribution >= 4 is 23.9 Å². The maximum absolute atomic E-state index is 12.7. The quantitative estimate of drug-likeness (QED) is 0.271. The Bertz CT molecular complexity index is 958. The average molecular weight is 536 g/mol. The third-order valence-electron chi connectivity index (χ3n) is 6.72. The van der Waals surface area contributed by atoms with Crippen LogP contribution >= 0.6 is 0 Å². The summed E-state index contributed by atoms with van der Waals surface area (Å²) in [7, 11) is 0. The van der Waals surface area contributed by atoms with Crippen LogP contribution in [0.25, 0.3) is 0 Å². The lowest BCUT2D eigenvalue weighted by atomic mass is 9.98. The number of rotatable bonds is 14. The standard InChI is InChI=1S/C29H45NO8/c1-10-18(6)26(31)35-15-19(7)36-29(34)23(30)13-22-11-12-24(37-27(32)20(8)16(2)3)25(14-22)38-28(33)21(9)17(4)5/h11-12,14,16-21,23H,10,13,15,30H2,1-9H3/t18?,19-,20?,21?,23-/m0/s1. The number of esters is 4. The van der Waals surface area contributed by atoms with Gasteiger partial charge in [-0.25, -0.2) is 0 Å². The maximum atomic E-state index is 12.7. The van der Waals surface area contributed by atoms with Gasteiger partial charge < -0.3 is 24.7 Å². The number of carbonyl (C=O) groups is 4. The van der Waals surface area contributed by atoms with E-state index in [0.717, 1.165) is 0 Å². The molecule has 0 saturated carbocycles. The second-order valence-corrected chi connectivity index (χ2v) is 10.7. The van der Waals surface area contributed by atoms with Gasteiger partial charge in [0.2, 0.25) is 0 Å². The second kappa shape index (κ2) is 15.5. The van der Waals surface area contributed by atoms with E-state index in [9.17, 15) is 19.2 Å². The summed E-state index contributed by atoms with van der Waals surface area (Å²) in [4.78, 5) is 49.6. The molecule has 0 saturated heterocycles. The van der Waals surface area contributed by atoms with E-state index in [-0.39, 0.29) is 60.1 Å². The molecule has 0 aliphatic heterocycles. The fourth-order valence-corrected chi connectivity index (χ4v) is 2.96. The highest BCUT2D eigenvalue weighted by Crippen LogP contribution is 2.31. The first-order valence-corrected chi connectivity index (χ1v) is 13.4.